The van der Waals surface area contributed by atoms with Gasteiger partial charge in [-0.2, -0.15) is 5.10 Å². The van der Waals surface area contributed by atoms with Crippen LogP contribution in [0.25, 0.3) is 5.69 Å². The highest BCUT2D eigenvalue weighted by Crippen LogP contribution is 2.42. The van der Waals surface area contributed by atoms with Gasteiger partial charge in [-0.1, -0.05) is 15.9 Å². The van der Waals surface area contributed by atoms with Crippen LogP contribution in [0.2, 0.25) is 0 Å². The van der Waals surface area contributed by atoms with Crippen molar-refractivity contribution < 1.29 is 0 Å². The van der Waals surface area contributed by atoms with Crippen LogP contribution in [0.15, 0.2) is 28.9 Å². The monoisotopic (exact) mass is 305 g/mol. The SMILES string of the molecule is Cc1cc(Br)ccc1-n1ncc(CN)c1C1CC1. The summed E-state index contributed by atoms with van der Waals surface area (Å²) in [5.41, 5.74) is 10.7. The van der Waals surface area contributed by atoms with Gasteiger partial charge >= 0.3 is 0 Å². The molecule has 1 aliphatic rings. The van der Waals surface area contributed by atoms with Crippen LogP contribution in [0.1, 0.15) is 35.6 Å². The molecule has 0 aliphatic heterocycles. The van der Waals surface area contributed by atoms with E-state index in [0.29, 0.717) is 12.5 Å². The van der Waals surface area contributed by atoms with Gasteiger partial charge in [0.25, 0.3) is 0 Å². The van der Waals surface area contributed by atoms with Crippen molar-refractivity contribution in [2.75, 3.05) is 0 Å². The van der Waals surface area contributed by atoms with Crippen LogP contribution < -0.4 is 5.73 Å². The molecule has 0 radical (unpaired) electrons. The molecule has 0 amide bonds. The molecular formula is C14H16BrN3. The van der Waals surface area contributed by atoms with Gasteiger partial charge in [0.1, 0.15) is 0 Å². The molecule has 18 heavy (non-hydrogen) atoms. The third-order valence-electron chi connectivity index (χ3n) is 3.46. The van der Waals surface area contributed by atoms with Gasteiger partial charge in [0, 0.05) is 22.5 Å². The van der Waals surface area contributed by atoms with E-state index in [0.717, 1.165) is 10.2 Å². The summed E-state index contributed by atoms with van der Waals surface area (Å²) in [7, 11) is 0. The standard InChI is InChI=1S/C14H16BrN3/c1-9-6-12(15)4-5-13(9)18-14(10-2-3-10)11(7-16)8-17-18/h4-6,8,10H,2-3,7,16H2,1H3. The van der Waals surface area contributed by atoms with Crippen LogP contribution in [0.5, 0.6) is 0 Å². The molecule has 1 aromatic carbocycles. The Balaban J connectivity index is 2.13. The normalized spacial score (nSPS) is 15.1. The highest BCUT2D eigenvalue weighted by molar-refractivity contribution is 9.10. The summed E-state index contributed by atoms with van der Waals surface area (Å²) in [5.74, 6) is 0.647. The Morgan fingerprint density at radius 3 is 2.83 bits per heavy atom. The third kappa shape index (κ3) is 1.99. The van der Waals surface area contributed by atoms with Crippen LogP contribution in [-0.2, 0) is 6.54 Å². The van der Waals surface area contributed by atoms with Crippen LogP contribution in [0, 0.1) is 6.92 Å². The molecule has 0 unspecified atom stereocenters. The lowest BCUT2D eigenvalue weighted by Crippen LogP contribution is -2.06. The Bertz CT molecular complexity index is 585. The van der Waals surface area contributed by atoms with Crippen molar-refractivity contribution >= 4 is 15.9 Å². The van der Waals surface area contributed by atoms with Gasteiger partial charge in [0.05, 0.1) is 17.6 Å². The zero-order valence-electron chi connectivity index (χ0n) is 10.4. The predicted octanol–water partition coefficient (Wildman–Crippen LogP) is 3.28. The average Bonchev–Trinajstić information content (AvgIpc) is 3.09. The summed E-state index contributed by atoms with van der Waals surface area (Å²) in [4.78, 5) is 0. The summed E-state index contributed by atoms with van der Waals surface area (Å²) >= 11 is 3.50. The van der Waals surface area contributed by atoms with E-state index in [-0.39, 0.29) is 0 Å². The van der Waals surface area contributed by atoms with Crippen molar-refractivity contribution in [3.8, 4) is 5.69 Å². The van der Waals surface area contributed by atoms with Gasteiger partial charge in [-0.05, 0) is 43.5 Å². The molecule has 0 spiro atoms. The maximum Gasteiger partial charge on any atom is 0.0678 e. The molecule has 0 bridgehead atoms. The summed E-state index contributed by atoms with van der Waals surface area (Å²) in [6, 6.07) is 6.29. The van der Waals surface area contributed by atoms with Crippen molar-refractivity contribution in [2.24, 2.45) is 5.73 Å². The van der Waals surface area contributed by atoms with Crippen LogP contribution >= 0.6 is 15.9 Å². The second-order valence-corrected chi connectivity index (χ2v) is 5.79. The Morgan fingerprint density at radius 1 is 1.44 bits per heavy atom. The number of hydrogen-bond acceptors (Lipinski definition) is 2. The number of hydrogen-bond donors (Lipinski definition) is 1. The largest absolute Gasteiger partial charge is 0.326 e. The molecule has 1 fully saturated rings. The minimum Gasteiger partial charge on any atom is -0.326 e. The molecule has 3 nitrogen and oxygen atoms in total. The fraction of sp³-hybridized carbons (Fsp3) is 0.357. The van der Waals surface area contributed by atoms with Gasteiger partial charge < -0.3 is 5.73 Å². The molecular weight excluding hydrogens is 290 g/mol. The first-order chi connectivity index (χ1) is 8.70. The zero-order chi connectivity index (χ0) is 12.7. The number of aryl methyl sites for hydroxylation is 1. The van der Waals surface area contributed by atoms with E-state index in [1.54, 1.807) is 0 Å². The first-order valence-electron chi connectivity index (χ1n) is 6.24. The second-order valence-electron chi connectivity index (χ2n) is 4.88. The molecule has 1 saturated carbocycles. The van der Waals surface area contributed by atoms with Gasteiger partial charge in [0.2, 0.25) is 0 Å². The first-order valence-corrected chi connectivity index (χ1v) is 7.03. The second kappa shape index (κ2) is 4.52. The first kappa shape index (κ1) is 11.9. The quantitative estimate of drug-likeness (QED) is 0.945. The average molecular weight is 306 g/mol. The van der Waals surface area contributed by atoms with Crippen molar-refractivity contribution in [3.63, 3.8) is 0 Å². The van der Waals surface area contributed by atoms with Crippen LogP contribution in [-0.4, -0.2) is 9.78 Å². The molecule has 0 atom stereocenters. The fourth-order valence-electron chi connectivity index (χ4n) is 2.39. The van der Waals surface area contributed by atoms with E-state index in [1.807, 2.05) is 6.20 Å². The lowest BCUT2D eigenvalue weighted by atomic mass is 10.1. The Labute approximate surface area is 115 Å². The molecule has 1 heterocycles. The summed E-state index contributed by atoms with van der Waals surface area (Å²) in [5, 5.41) is 4.53. The number of nitrogens with zero attached hydrogens (tertiary/aromatic N) is 2. The highest BCUT2D eigenvalue weighted by atomic mass is 79.9. The summed E-state index contributed by atoms with van der Waals surface area (Å²) in [6.45, 7) is 2.68. The van der Waals surface area contributed by atoms with Gasteiger partial charge in [-0.15, -0.1) is 0 Å². The topological polar surface area (TPSA) is 43.8 Å². The molecule has 1 aromatic heterocycles. The van der Waals surface area contributed by atoms with Crippen molar-refractivity contribution in [1.29, 1.82) is 0 Å². The number of aromatic nitrogens is 2. The summed E-state index contributed by atoms with van der Waals surface area (Å²) < 4.78 is 3.17. The van der Waals surface area contributed by atoms with E-state index in [4.69, 9.17) is 5.73 Å². The van der Waals surface area contributed by atoms with Gasteiger partial charge in [-0.3, -0.25) is 0 Å². The van der Waals surface area contributed by atoms with Crippen LogP contribution in [0.3, 0.4) is 0 Å². The minimum absolute atomic E-state index is 0.571. The third-order valence-corrected chi connectivity index (χ3v) is 3.95. The lowest BCUT2D eigenvalue weighted by molar-refractivity contribution is 0.796. The van der Waals surface area contributed by atoms with E-state index < -0.39 is 0 Å². The summed E-state index contributed by atoms with van der Waals surface area (Å²) in [6.07, 6.45) is 4.43. The van der Waals surface area contributed by atoms with Crippen molar-refractivity contribution in [3.05, 3.63) is 45.7 Å². The van der Waals surface area contributed by atoms with Gasteiger partial charge in [0.15, 0.2) is 0 Å². The molecule has 1 aliphatic carbocycles. The Hall–Kier alpha value is -1.13. The van der Waals surface area contributed by atoms with E-state index in [2.05, 4.69) is 50.8 Å². The van der Waals surface area contributed by atoms with E-state index in [1.165, 1.54) is 29.7 Å². The number of nitrogens with two attached hydrogens (primary N) is 1. The predicted molar refractivity (Wildman–Crippen MR) is 75.9 cm³/mol. The molecule has 0 saturated heterocycles. The van der Waals surface area contributed by atoms with E-state index >= 15 is 0 Å². The highest BCUT2D eigenvalue weighted by Gasteiger charge is 2.30. The number of rotatable bonds is 3. The Kier molecular flexibility index (Phi) is 2.99. The lowest BCUT2D eigenvalue weighted by Gasteiger charge is -2.11. The van der Waals surface area contributed by atoms with Crippen molar-refractivity contribution in [2.45, 2.75) is 32.2 Å². The maximum absolute atomic E-state index is 5.81. The van der Waals surface area contributed by atoms with Gasteiger partial charge in [-0.25, -0.2) is 4.68 Å². The molecule has 2 N–H and O–H groups in total. The fourth-order valence-corrected chi connectivity index (χ4v) is 2.86. The molecule has 3 rings (SSSR count). The smallest absolute Gasteiger partial charge is 0.0678 e. The molecule has 94 valence electrons. The maximum atomic E-state index is 5.81. The van der Waals surface area contributed by atoms with Crippen LogP contribution in [0.4, 0.5) is 0 Å². The minimum atomic E-state index is 0.571. The number of benzene rings is 1. The zero-order valence-corrected chi connectivity index (χ0v) is 11.9. The molecule has 2 aromatic rings. The van der Waals surface area contributed by atoms with Crippen molar-refractivity contribution in [1.82, 2.24) is 9.78 Å². The Morgan fingerprint density at radius 2 is 2.22 bits per heavy atom. The number of halogens is 1. The molecule has 4 heteroatoms. The van der Waals surface area contributed by atoms with E-state index in [9.17, 15) is 0 Å².